The van der Waals surface area contributed by atoms with Crippen LogP contribution < -0.4 is 10.6 Å². The maximum Gasteiger partial charge on any atom is 0.224 e. The number of unbranched alkanes of at least 4 members (excludes halogenated alkanes) is 1. The van der Waals surface area contributed by atoms with Crippen molar-refractivity contribution in [1.29, 1.82) is 0 Å². The van der Waals surface area contributed by atoms with E-state index >= 15 is 0 Å². The molecule has 0 saturated carbocycles. The van der Waals surface area contributed by atoms with Gasteiger partial charge in [-0.1, -0.05) is 13.3 Å². The van der Waals surface area contributed by atoms with Crippen molar-refractivity contribution in [3.63, 3.8) is 0 Å². The highest BCUT2D eigenvalue weighted by Gasteiger charge is 1.98. The minimum absolute atomic E-state index is 0.674. The first kappa shape index (κ1) is 13.3. The lowest BCUT2D eigenvalue weighted by atomic mass is 10.3. The van der Waals surface area contributed by atoms with E-state index in [-0.39, 0.29) is 0 Å². The van der Waals surface area contributed by atoms with Crippen LogP contribution in [-0.2, 0) is 6.54 Å². The summed E-state index contributed by atoms with van der Waals surface area (Å²) in [7, 11) is 0. The fraction of sp³-hybridized carbons (Fsp3) is 0.357. The number of nitrogens with one attached hydrogen (secondary N) is 2. The Morgan fingerprint density at radius 2 is 1.89 bits per heavy atom. The molecule has 5 nitrogen and oxygen atoms in total. The number of aromatic nitrogens is 3. The molecule has 100 valence electrons. The predicted molar refractivity (Wildman–Crippen MR) is 77.0 cm³/mol. The molecule has 0 unspecified atom stereocenters. The zero-order valence-corrected chi connectivity index (χ0v) is 11.1. The Morgan fingerprint density at radius 1 is 1.05 bits per heavy atom. The minimum atomic E-state index is 0.674. The van der Waals surface area contributed by atoms with Crippen LogP contribution in [0.3, 0.4) is 0 Å². The van der Waals surface area contributed by atoms with Crippen LogP contribution in [-0.4, -0.2) is 21.5 Å². The maximum absolute atomic E-state index is 4.41. The average molecular weight is 257 g/mol. The number of rotatable bonds is 7. The summed E-state index contributed by atoms with van der Waals surface area (Å²) in [6.07, 6.45) is 7.62. The molecule has 0 aliphatic rings. The minimum Gasteiger partial charge on any atom is -0.366 e. The number of hydrogen-bond acceptors (Lipinski definition) is 5. The van der Waals surface area contributed by atoms with Crippen molar-refractivity contribution >= 4 is 11.8 Å². The maximum atomic E-state index is 4.41. The van der Waals surface area contributed by atoms with Crippen molar-refractivity contribution in [2.75, 3.05) is 17.2 Å². The second-order valence-electron chi connectivity index (χ2n) is 4.25. The highest BCUT2D eigenvalue weighted by molar-refractivity contribution is 5.40. The Kier molecular flexibility index (Phi) is 5.10. The van der Waals surface area contributed by atoms with Crippen LogP contribution in [0.5, 0.6) is 0 Å². The summed E-state index contributed by atoms with van der Waals surface area (Å²) in [5.74, 6) is 1.50. The summed E-state index contributed by atoms with van der Waals surface area (Å²) < 4.78 is 0. The van der Waals surface area contributed by atoms with Gasteiger partial charge in [0.05, 0.1) is 0 Å². The van der Waals surface area contributed by atoms with Gasteiger partial charge in [-0.25, -0.2) is 4.98 Å². The molecular formula is C14H19N5. The third-order valence-electron chi connectivity index (χ3n) is 2.69. The van der Waals surface area contributed by atoms with Gasteiger partial charge in [0, 0.05) is 31.7 Å². The third-order valence-corrected chi connectivity index (χ3v) is 2.69. The molecule has 5 heteroatoms. The Bertz CT molecular complexity index is 486. The molecule has 2 aromatic rings. The number of hydrogen-bond donors (Lipinski definition) is 2. The highest BCUT2D eigenvalue weighted by atomic mass is 15.1. The fourth-order valence-corrected chi connectivity index (χ4v) is 1.61. The summed E-state index contributed by atoms with van der Waals surface area (Å²) in [6, 6.07) is 5.83. The molecular weight excluding hydrogens is 238 g/mol. The van der Waals surface area contributed by atoms with Crippen LogP contribution in [0, 0.1) is 0 Å². The topological polar surface area (TPSA) is 62.7 Å². The van der Waals surface area contributed by atoms with Gasteiger partial charge in [-0.05, 0) is 30.2 Å². The summed E-state index contributed by atoms with van der Waals surface area (Å²) in [5, 5.41) is 6.48. The van der Waals surface area contributed by atoms with E-state index in [4.69, 9.17) is 0 Å². The van der Waals surface area contributed by atoms with Crippen molar-refractivity contribution in [2.24, 2.45) is 0 Å². The number of anilines is 2. The number of nitrogens with zero attached hydrogens (tertiary/aromatic N) is 3. The van der Waals surface area contributed by atoms with Gasteiger partial charge < -0.3 is 10.6 Å². The molecule has 0 aliphatic carbocycles. The molecule has 0 radical (unpaired) electrons. The van der Waals surface area contributed by atoms with Crippen molar-refractivity contribution < 1.29 is 0 Å². The van der Waals surface area contributed by atoms with E-state index in [2.05, 4.69) is 32.5 Å². The molecule has 0 aromatic carbocycles. The molecule has 0 fully saturated rings. The van der Waals surface area contributed by atoms with Gasteiger partial charge in [0.15, 0.2) is 0 Å². The molecule has 2 rings (SSSR count). The van der Waals surface area contributed by atoms with Crippen LogP contribution in [0.2, 0.25) is 0 Å². The molecule has 2 heterocycles. The van der Waals surface area contributed by atoms with Gasteiger partial charge in [0.1, 0.15) is 5.82 Å². The fourth-order valence-electron chi connectivity index (χ4n) is 1.61. The van der Waals surface area contributed by atoms with E-state index < -0.39 is 0 Å². The molecule has 0 amide bonds. The van der Waals surface area contributed by atoms with E-state index in [1.807, 2.05) is 18.2 Å². The Hall–Kier alpha value is -2.17. The first-order valence-corrected chi connectivity index (χ1v) is 6.58. The smallest absolute Gasteiger partial charge is 0.224 e. The zero-order valence-electron chi connectivity index (χ0n) is 11.1. The van der Waals surface area contributed by atoms with E-state index in [0.29, 0.717) is 5.95 Å². The molecule has 0 atom stereocenters. The molecule has 0 aliphatic heterocycles. The SMILES string of the molecule is CCCCNc1nccc(NCc2ccncc2)n1. The molecule has 2 N–H and O–H groups in total. The molecule has 19 heavy (non-hydrogen) atoms. The third kappa shape index (κ3) is 4.54. The predicted octanol–water partition coefficient (Wildman–Crippen LogP) is 2.70. The lowest BCUT2D eigenvalue weighted by Crippen LogP contribution is -2.07. The van der Waals surface area contributed by atoms with Gasteiger partial charge in [-0.2, -0.15) is 4.98 Å². The van der Waals surface area contributed by atoms with Crippen LogP contribution in [0.1, 0.15) is 25.3 Å². The monoisotopic (exact) mass is 257 g/mol. The van der Waals surface area contributed by atoms with Crippen LogP contribution >= 0.6 is 0 Å². The van der Waals surface area contributed by atoms with Crippen molar-refractivity contribution in [1.82, 2.24) is 15.0 Å². The van der Waals surface area contributed by atoms with E-state index in [1.165, 1.54) is 5.56 Å². The lowest BCUT2D eigenvalue weighted by Gasteiger charge is -2.08. The highest BCUT2D eigenvalue weighted by Crippen LogP contribution is 2.08. The van der Waals surface area contributed by atoms with Gasteiger partial charge >= 0.3 is 0 Å². The van der Waals surface area contributed by atoms with Crippen molar-refractivity contribution in [2.45, 2.75) is 26.3 Å². The van der Waals surface area contributed by atoms with Crippen LogP contribution in [0.4, 0.5) is 11.8 Å². The second-order valence-corrected chi connectivity index (χ2v) is 4.25. The Morgan fingerprint density at radius 3 is 2.68 bits per heavy atom. The Labute approximate surface area is 113 Å². The molecule has 0 saturated heterocycles. The summed E-state index contributed by atoms with van der Waals surface area (Å²) in [5.41, 5.74) is 1.18. The van der Waals surface area contributed by atoms with Gasteiger partial charge in [-0.3, -0.25) is 4.98 Å². The van der Waals surface area contributed by atoms with E-state index in [0.717, 1.165) is 31.7 Å². The average Bonchev–Trinajstić information content (AvgIpc) is 2.47. The second kappa shape index (κ2) is 7.31. The van der Waals surface area contributed by atoms with Crippen molar-refractivity contribution in [3.8, 4) is 0 Å². The van der Waals surface area contributed by atoms with Crippen molar-refractivity contribution in [3.05, 3.63) is 42.4 Å². The van der Waals surface area contributed by atoms with Gasteiger partial charge in [0.25, 0.3) is 0 Å². The van der Waals surface area contributed by atoms with Crippen LogP contribution in [0.15, 0.2) is 36.8 Å². The van der Waals surface area contributed by atoms with Gasteiger partial charge in [-0.15, -0.1) is 0 Å². The quantitative estimate of drug-likeness (QED) is 0.747. The first-order chi connectivity index (χ1) is 9.38. The lowest BCUT2D eigenvalue weighted by molar-refractivity contribution is 0.826. The van der Waals surface area contributed by atoms with Crippen LogP contribution in [0.25, 0.3) is 0 Å². The number of pyridine rings is 1. The Balaban J connectivity index is 1.88. The summed E-state index contributed by atoms with van der Waals surface area (Å²) >= 11 is 0. The van der Waals surface area contributed by atoms with E-state index in [9.17, 15) is 0 Å². The summed E-state index contributed by atoms with van der Waals surface area (Å²) in [6.45, 7) is 3.80. The summed E-state index contributed by atoms with van der Waals surface area (Å²) in [4.78, 5) is 12.6. The van der Waals surface area contributed by atoms with Gasteiger partial charge in [0.2, 0.25) is 5.95 Å². The molecule has 0 spiro atoms. The molecule has 0 bridgehead atoms. The molecule has 2 aromatic heterocycles. The largest absolute Gasteiger partial charge is 0.366 e. The van der Waals surface area contributed by atoms with E-state index in [1.54, 1.807) is 18.6 Å². The first-order valence-electron chi connectivity index (χ1n) is 6.58. The zero-order chi connectivity index (χ0) is 13.3. The normalized spacial score (nSPS) is 10.2. The standard InChI is InChI=1S/C14H19N5/c1-2-3-7-16-14-17-10-6-13(19-14)18-11-12-4-8-15-9-5-12/h4-6,8-10H,2-3,7,11H2,1H3,(H2,16,17,18,19).